The molecule has 4 nitrogen and oxygen atoms in total. The molecule has 0 aromatic carbocycles. The first kappa shape index (κ1) is 10.3. The molecule has 0 aliphatic heterocycles. The Bertz CT molecular complexity index is 461. The van der Waals surface area contributed by atoms with E-state index >= 15 is 0 Å². The van der Waals surface area contributed by atoms with Crippen LogP contribution in [0.1, 0.15) is 5.56 Å². The molecule has 0 fully saturated rings. The predicted molar refractivity (Wildman–Crippen MR) is 60.0 cm³/mol. The molecular formula is C9H8Cl2N4. The third kappa shape index (κ3) is 2.40. The van der Waals surface area contributed by atoms with Crippen molar-refractivity contribution in [3.8, 4) is 0 Å². The Kier molecular flexibility index (Phi) is 2.79. The van der Waals surface area contributed by atoms with Crippen LogP contribution in [0.15, 0.2) is 24.7 Å². The first-order valence-corrected chi connectivity index (χ1v) is 4.98. The van der Waals surface area contributed by atoms with Gasteiger partial charge in [-0.25, -0.2) is 0 Å². The third-order valence-electron chi connectivity index (χ3n) is 1.85. The minimum atomic E-state index is 0.326. The number of nitrogens with two attached hydrogens (primary N) is 1. The monoisotopic (exact) mass is 242 g/mol. The van der Waals surface area contributed by atoms with Gasteiger partial charge in [0, 0.05) is 18.6 Å². The van der Waals surface area contributed by atoms with Gasteiger partial charge in [-0.2, -0.15) is 5.10 Å². The van der Waals surface area contributed by atoms with Crippen LogP contribution in [0.2, 0.25) is 10.0 Å². The highest BCUT2D eigenvalue weighted by atomic mass is 35.5. The van der Waals surface area contributed by atoms with Gasteiger partial charge in [0.25, 0.3) is 0 Å². The van der Waals surface area contributed by atoms with Crippen molar-refractivity contribution in [2.45, 2.75) is 6.54 Å². The Labute approximate surface area is 96.6 Å². The fourth-order valence-electron chi connectivity index (χ4n) is 1.22. The number of pyridine rings is 1. The lowest BCUT2D eigenvalue weighted by Gasteiger charge is -2.00. The SMILES string of the molecule is Nc1nn(Cc2cncc(Cl)c2)cc1Cl. The summed E-state index contributed by atoms with van der Waals surface area (Å²) in [5.41, 5.74) is 6.46. The van der Waals surface area contributed by atoms with Crippen molar-refractivity contribution in [1.82, 2.24) is 14.8 Å². The molecule has 0 aliphatic carbocycles. The standard InChI is InChI=1S/C9H8Cl2N4/c10-7-1-6(2-13-3-7)4-15-5-8(11)9(12)14-15/h1-3,5H,4H2,(H2,12,14). The summed E-state index contributed by atoms with van der Waals surface area (Å²) in [5, 5.41) is 5.07. The Hall–Kier alpha value is -1.26. The van der Waals surface area contributed by atoms with E-state index in [-0.39, 0.29) is 0 Å². The van der Waals surface area contributed by atoms with Crippen LogP contribution in [0.3, 0.4) is 0 Å². The number of nitrogens with zero attached hydrogens (tertiary/aromatic N) is 3. The molecule has 78 valence electrons. The molecule has 2 aromatic rings. The lowest BCUT2D eigenvalue weighted by atomic mass is 10.3. The molecule has 0 radical (unpaired) electrons. The molecule has 0 atom stereocenters. The smallest absolute Gasteiger partial charge is 0.164 e. The summed E-state index contributed by atoms with van der Waals surface area (Å²) in [6, 6.07) is 1.82. The highest BCUT2D eigenvalue weighted by Gasteiger charge is 2.03. The first-order valence-electron chi connectivity index (χ1n) is 4.23. The molecule has 0 aliphatic rings. The van der Waals surface area contributed by atoms with Gasteiger partial charge in [0.1, 0.15) is 5.02 Å². The van der Waals surface area contributed by atoms with Crippen molar-refractivity contribution in [2.24, 2.45) is 0 Å². The van der Waals surface area contributed by atoms with E-state index in [4.69, 9.17) is 28.9 Å². The Balaban J connectivity index is 2.22. The van der Waals surface area contributed by atoms with Crippen LogP contribution in [-0.2, 0) is 6.54 Å². The Morgan fingerprint density at radius 3 is 2.73 bits per heavy atom. The van der Waals surface area contributed by atoms with E-state index in [2.05, 4.69) is 10.1 Å². The largest absolute Gasteiger partial charge is 0.381 e. The molecular weight excluding hydrogens is 235 g/mol. The van der Waals surface area contributed by atoms with Gasteiger partial charge in [0.15, 0.2) is 5.82 Å². The molecule has 0 amide bonds. The Morgan fingerprint density at radius 1 is 1.33 bits per heavy atom. The fraction of sp³-hybridized carbons (Fsp3) is 0.111. The van der Waals surface area contributed by atoms with Gasteiger partial charge in [-0.1, -0.05) is 23.2 Å². The van der Waals surface area contributed by atoms with Crippen LogP contribution in [0.5, 0.6) is 0 Å². The maximum Gasteiger partial charge on any atom is 0.164 e. The van der Waals surface area contributed by atoms with E-state index in [0.717, 1.165) is 5.56 Å². The summed E-state index contributed by atoms with van der Waals surface area (Å²) < 4.78 is 1.64. The number of halogens is 2. The van der Waals surface area contributed by atoms with Gasteiger partial charge < -0.3 is 5.73 Å². The maximum absolute atomic E-state index is 5.80. The van der Waals surface area contributed by atoms with Gasteiger partial charge in [-0.05, 0) is 11.6 Å². The second-order valence-corrected chi connectivity index (χ2v) is 3.91. The van der Waals surface area contributed by atoms with E-state index in [9.17, 15) is 0 Å². The van der Waals surface area contributed by atoms with Gasteiger partial charge in [-0.3, -0.25) is 9.67 Å². The van der Waals surface area contributed by atoms with Crippen LogP contribution in [0.25, 0.3) is 0 Å². The first-order chi connectivity index (χ1) is 7.15. The van der Waals surface area contributed by atoms with E-state index in [1.165, 1.54) is 0 Å². The minimum absolute atomic E-state index is 0.326. The van der Waals surface area contributed by atoms with E-state index in [1.807, 2.05) is 6.07 Å². The molecule has 2 rings (SSSR count). The van der Waals surface area contributed by atoms with Crippen molar-refractivity contribution in [1.29, 1.82) is 0 Å². The van der Waals surface area contributed by atoms with E-state index < -0.39 is 0 Å². The van der Waals surface area contributed by atoms with Crippen LogP contribution in [-0.4, -0.2) is 14.8 Å². The lowest BCUT2D eigenvalue weighted by Crippen LogP contribution is -2.01. The zero-order valence-electron chi connectivity index (χ0n) is 7.69. The van der Waals surface area contributed by atoms with Crippen LogP contribution in [0, 0.1) is 0 Å². The zero-order chi connectivity index (χ0) is 10.8. The van der Waals surface area contributed by atoms with Gasteiger partial charge in [0.05, 0.1) is 11.6 Å². The molecule has 2 aromatic heterocycles. The molecule has 0 saturated carbocycles. The maximum atomic E-state index is 5.80. The number of rotatable bonds is 2. The fourth-order valence-corrected chi connectivity index (χ4v) is 1.57. The summed E-state index contributed by atoms with van der Waals surface area (Å²) in [4.78, 5) is 3.97. The third-order valence-corrected chi connectivity index (χ3v) is 2.35. The number of aromatic nitrogens is 3. The van der Waals surface area contributed by atoms with Crippen LogP contribution < -0.4 is 5.73 Å². The number of anilines is 1. The van der Waals surface area contributed by atoms with Crippen molar-refractivity contribution in [3.63, 3.8) is 0 Å². The molecule has 2 N–H and O–H groups in total. The van der Waals surface area contributed by atoms with Gasteiger partial charge in [0.2, 0.25) is 0 Å². The molecule has 15 heavy (non-hydrogen) atoms. The average Bonchev–Trinajstić information content (AvgIpc) is 2.45. The molecule has 0 bridgehead atoms. The molecule has 2 heterocycles. The second-order valence-electron chi connectivity index (χ2n) is 3.07. The number of hydrogen-bond donors (Lipinski definition) is 1. The number of nitrogen functional groups attached to an aromatic ring is 1. The second kappa shape index (κ2) is 4.08. The highest BCUT2D eigenvalue weighted by molar-refractivity contribution is 6.32. The van der Waals surface area contributed by atoms with Crippen molar-refractivity contribution >= 4 is 29.0 Å². The summed E-state index contributed by atoms with van der Waals surface area (Å²) in [5.74, 6) is 0.326. The zero-order valence-corrected chi connectivity index (χ0v) is 9.20. The predicted octanol–water partition coefficient (Wildman–Crippen LogP) is 2.22. The van der Waals surface area contributed by atoms with Crippen molar-refractivity contribution in [3.05, 3.63) is 40.3 Å². The lowest BCUT2D eigenvalue weighted by molar-refractivity contribution is 0.688. The minimum Gasteiger partial charge on any atom is -0.381 e. The quantitative estimate of drug-likeness (QED) is 0.879. The van der Waals surface area contributed by atoms with E-state index in [0.29, 0.717) is 22.4 Å². The van der Waals surface area contributed by atoms with E-state index in [1.54, 1.807) is 23.3 Å². The van der Waals surface area contributed by atoms with Gasteiger partial charge in [-0.15, -0.1) is 0 Å². The summed E-state index contributed by atoms with van der Waals surface area (Å²) in [6.45, 7) is 0.546. The molecule has 0 spiro atoms. The molecule has 6 heteroatoms. The molecule has 0 unspecified atom stereocenters. The van der Waals surface area contributed by atoms with Crippen LogP contribution >= 0.6 is 23.2 Å². The summed E-state index contributed by atoms with van der Waals surface area (Å²) in [6.07, 6.45) is 4.96. The van der Waals surface area contributed by atoms with Crippen molar-refractivity contribution in [2.75, 3.05) is 5.73 Å². The van der Waals surface area contributed by atoms with Gasteiger partial charge >= 0.3 is 0 Å². The Morgan fingerprint density at radius 2 is 2.13 bits per heavy atom. The highest BCUT2D eigenvalue weighted by Crippen LogP contribution is 2.16. The topological polar surface area (TPSA) is 56.7 Å². The average molecular weight is 243 g/mol. The summed E-state index contributed by atoms with van der Waals surface area (Å²) in [7, 11) is 0. The summed E-state index contributed by atoms with van der Waals surface area (Å²) >= 11 is 11.6. The normalized spacial score (nSPS) is 10.5. The van der Waals surface area contributed by atoms with Crippen LogP contribution in [0.4, 0.5) is 5.82 Å². The molecule has 0 saturated heterocycles. The van der Waals surface area contributed by atoms with Crippen molar-refractivity contribution < 1.29 is 0 Å². The number of hydrogen-bond acceptors (Lipinski definition) is 3.